The molecule has 0 aliphatic heterocycles. The number of urea groups is 1. The Balaban J connectivity index is 2.08. The minimum atomic E-state index is -0.919. The van der Waals surface area contributed by atoms with Crippen molar-refractivity contribution in [3.05, 3.63) is 0 Å². The van der Waals surface area contributed by atoms with Gasteiger partial charge in [-0.05, 0) is 26.7 Å². The summed E-state index contributed by atoms with van der Waals surface area (Å²) < 4.78 is 5.61. The van der Waals surface area contributed by atoms with Gasteiger partial charge in [-0.2, -0.15) is 0 Å². The van der Waals surface area contributed by atoms with Crippen molar-refractivity contribution in [2.45, 2.75) is 51.7 Å². The van der Waals surface area contributed by atoms with E-state index in [2.05, 4.69) is 10.6 Å². The molecule has 1 rings (SSSR count). The fraction of sp³-hybridized carbons (Fsp3) is 0.846. The third-order valence-electron chi connectivity index (χ3n) is 3.54. The van der Waals surface area contributed by atoms with Gasteiger partial charge in [0.25, 0.3) is 0 Å². The topological polar surface area (TPSA) is 87.7 Å². The van der Waals surface area contributed by atoms with Crippen molar-refractivity contribution in [3.63, 3.8) is 0 Å². The summed E-state index contributed by atoms with van der Waals surface area (Å²) in [5, 5.41) is 14.1. The van der Waals surface area contributed by atoms with Gasteiger partial charge >= 0.3 is 12.0 Å². The second kappa shape index (κ2) is 7.99. The first kappa shape index (κ1) is 15.8. The van der Waals surface area contributed by atoms with E-state index in [1.165, 1.54) is 12.8 Å². The van der Waals surface area contributed by atoms with E-state index in [9.17, 15) is 9.59 Å². The smallest absolute Gasteiger partial charge is 0.315 e. The van der Waals surface area contributed by atoms with E-state index < -0.39 is 17.9 Å². The zero-order chi connectivity index (χ0) is 14.3. The molecule has 0 spiro atoms. The number of ether oxygens (including phenoxy) is 1. The minimum Gasteiger partial charge on any atom is -0.481 e. The summed E-state index contributed by atoms with van der Waals surface area (Å²) in [4.78, 5) is 22.2. The molecule has 0 aromatic heterocycles. The second-order valence-electron chi connectivity index (χ2n) is 5.09. The lowest BCUT2D eigenvalue weighted by molar-refractivity contribution is -0.141. The molecule has 0 heterocycles. The minimum absolute atomic E-state index is 0.343. The Morgan fingerprint density at radius 2 is 1.95 bits per heavy atom. The third kappa shape index (κ3) is 5.92. The number of aliphatic carboxylic acids is 1. The number of hydrogen-bond acceptors (Lipinski definition) is 3. The highest BCUT2D eigenvalue weighted by atomic mass is 16.5. The van der Waals surface area contributed by atoms with E-state index >= 15 is 0 Å². The van der Waals surface area contributed by atoms with Crippen LogP contribution < -0.4 is 10.6 Å². The zero-order valence-corrected chi connectivity index (χ0v) is 11.6. The highest BCUT2D eigenvalue weighted by molar-refractivity contribution is 5.76. The van der Waals surface area contributed by atoms with Gasteiger partial charge in [-0.25, -0.2) is 4.79 Å². The normalized spacial score (nSPS) is 18.8. The van der Waals surface area contributed by atoms with E-state index in [0.717, 1.165) is 12.8 Å². The molecular formula is C13H24N2O4. The molecule has 1 fully saturated rings. The highest BCUT2D eigenvalue weighted by Crippen LogP contribution is 2.20. The molecule has 6 heteroatoms. The van der Waals surface area contributed by atoms with Crippen molar-refractivity contribution >= 4 is 12.0 Å². The summed E-state index contributed by atoms with van der Waals surface area (Å²) in [6.45, 7) is 4.18. The van der Waals surface area contributed by atoms with Crippen molar-refractivity contribution in [2.24, 2.45) is 5.92 Å². The van der Waals surface area contributed by atoms with Crippen molar-refractivity contribution in [1.82, 2.24) is 10.6 Å². The summed E-state index contributed by atoms with van der Waals surface area (Å²) in [6, 6.07) is -0.760. The van der Waals surface area contributed by atoms with Crippen LogP contribution in [-0.4, -0.2) is 42.4 Å². The molecule has 0 radical (unpaired) electrons. The SMILES string of the molecule is CC(NC(=O)NCCOC1CCCC1)C(C)C(=O)O. The van der Waals surface area contributed by atoms with E-state index in [1.54, 1.807) is 13.8 Å². The lowest BCUT2D eigenvalue weighted by atomic mass is 10.0. The Hall–Kier alpha value is -1.30. The molecule has 2 unspecified atom stereocenters. The Bertz CT molecular complexity index is 303. The van der Waals surface area contributed by atoms with Crippen LogP contribution in [0.4, 0.5) is 4.79 Å². The van der Waals surface area contributed by atoms with Gasteiger partial charge in [-0.15, -0.1) is 0 Å². The molecule has 3 N–H and O–H groups in total. The van der Waals surface area contributed by atoms with Gasteiger partial charge in [0.05, 0.1) is 18.6 Å². The predicted octanol–water partition coefficient (Wildman–Crippen LogP) is 1.35. The van der Waals surface area contributed by atoms with Crippen LogP contribution in [0.2, 0.25) is 0 Å². The zero-order valence-electron chi connectivity index (χ0n) is 11.6. The molecule has 2 amide bonds. The fourth-order valence-electron chi connectivity index (χ4n) is 2.04. The van der Waals surface area contributed by atoms with Crippen LogP contribution in [0, 0.1) is 5.92 Å². The molecule has 6 nitrogen and oxygen atoms in total. The Morgan fingerprint density at radius 3 is 2.53 bits per heavy atom. The molecule has 110 valence electrons. The maximum absolute atomic E-state index is 11.5. The van der Waals surface area contributed by atoms with Crippen molar-refractivity contribution in [2.75, 3.05) is 13.2 Å². The second-order valence-corrected chi connectivity index (χ2v) is 5.09. The summed E-state index contributed by atoms with van der Waals surface area (Å²) in [6.07, 6.45) is 5.02. The molecular weight excluding hydrogens is 248 g/mol. The average Bonchev–Trinajstić information content (AvgIpc) is 2.86. The van der Waals surface area contributed by atoms with E-state index in [4.69, 9.17) is 9.84 Å². The Labute approximate surface area is 113 Å². The van der Waals surface area contributed by atoms with E-state index in [1.807, 2.05) is 0 Å². The summed E-state index contributed by atoms with van der Waals surface area (Å²) >= 11 is 0. The number of nitrogens with one attached hydrogen (secondary N) is 2. The van der Waals surface area contributed by atoms with Gasteiger partial charge in [-0.3, -0.25) is 4.79 Å². The first-order chi connectivity index (χ1) is 9.00. The standard InChI is InChI=1S/C13H24N2O4/c1-9(12(16)17)10(2)15-13(18)14-7-8-19-11-5-3-4-6-11/h9-11H,3-8H2,1-2H3,(H,16,17)(H2,14,15,18). The van der Waals surface area contributed by atoms with Gasteiger partial charge < -0.3 is 20.5 Å². The Kier molecular flexibility index (Phi) is 6.62. The molecule has 0 bridgehead atoms. The van der Waals surface area contributed by atoms with Crippen LogP contribution in [0.1, 0.15) is 39.5 Å². The molecule has 1 aliphatic rings. The maximum atomic E-state index is 11.5. The summed E-state index contributed by atoms with van der Waals surface area (Å²) in [7, 11) is 0. The van der Waals surface area contributed by atoms with Gasteiger partial charge in [0, 0.05) is 12.6 Å². The number of carbonyl (C=O) groups is 2. The third-order valence-corrected chi connectivity index (χ3v) is 3.54. The summed E-state index contributed by atoms with van der Waals surface area (Å²) in [5.41, 5.74) is 0. The number of rotatable bonds is 7. The van der Waals surface area contributed by atoms with Crippen LogP contribution in [0.3, 0.4) is 0 Å². The van der Waals surface area contributed by atoms with Crippen molar-refractivity contribution in [1.29, 1.82) is 0 Å². The number of carboxylic acids is 1. The van der Waals surface area contributed by atoms with Crippen LogP contribution in [0.15, 0.2) is 0 Å². The lowest BCUT2D eigenvalue weighted by Crippen LogP contribution is -2.46. The highest BCUT2D eigenvalue weighted by Gasteiger charge is 2.20. The van der Waals surface area contributed by atoms with E-state index in [-0.39, 0.29) is 6.03 Å². The predicted molar refractivity (Wildman–Crippen MR) is 71.0 cm³/mol. The van der Waals surface area contributed by atoms with Crippen molar-refractivity contribution < 1.29 is 19.4 Å². The summed E-state index contributed by atoms with van der Waals surface area (Å²) in [5.74, 6) is -1.53. The van der Waals surface area contributed by atoms with Crippen LogP contribution in [0.25, 0.3) is 0 Å². The average molecular weight is 272 g/mol. The van der Waals surface area contributed by atoms with Gasteiger partial charge in [0.1, 0.15) is 0 Å². The number of amides is 2. The number of carboxylic acid groups (broad SMARTS) is 1. The van der Waals surface area contributed by atoms with Crippen molar-refractivity contribution in [3.8, 4) is 0 Å². The molecule has 19 heavy (non-hydrogen) atoms. The number of carbonyl (C=O) groups excluding carboxylic acids is 1. The fourth-order valence-corrected chi connectivity index (χ4v) is 2.04. The Morgan fingerprint density at radius 1 is 1.32 bits per heavy atom. The first-order valence-corrected chi connectivity index (χ1v) is 6.89. The van der Waals surface area contributed by atoms with Gasteiger partial charge in [0.2, 0.25) is 0 Å². The maximum Gasteiger partial charge on any atom is 0.315 e. The van der Waals surface area contributed by atoms with Crippen LogP contribution >= 0.6 is 0 Å². The largest absolute Gasteiger partial charge is 0.481 e. The van der Waals surface area contributed by atoms with Gasteiger partial charge in [-0.1, -0.05) is 12.8 Å². The molecule has 2 atom stereocenters. The molecule has 0 aromatic rings. The first-order valence-electron chi connectivity index (χ1n) is 6.89. The van der Waals surface area contributed by atoms with Crippen LogP contribution in [0.5, 0.6) is 0 Å². The van der Waals surface area contributed by atoms with Gasteiger partial charge in [0.15, 0.2) is 0 Å². The lowest BCUT2D eigenvalue weighted by Gasteiger charge is -2.18. The number of hydrogen-bond donors (Lipinski definition) is 3. The molecule has 1 saturated carbocycles. The monoisotopic (exact) mass is 272 g/mol. The van der Waals surface area contributed by atoms with E-state index in [0.29, 0.717) is 19.3 Å². The molecule has 1 aliphatic carbocycles. The molecule has 0 aromatic carbocycles. The van der Waals surface area contributed by atoms with Crippen LogP contribution in [-0.2, 0) is 9.53 Å². The molecule has 0 saturated heterocycles. The quantitative estimate of drug-likeness (QED) is 0.610.